The molecule has 29 heavy (non-hydrogen) atoms. The van der Waals surface area contributed by atoms with Gasteiger partial charge in [0.2, 0.25) is 5.91 Å². The van der Waals surface area contributed by atoms with Gasteiger partial charge in [-0.3, -0.25) is 14.2 Å². The van der Waals surface area contributed by atoms with Crippen molar-refractivity contribution in [3.05, 3.63) is 47.1 Å². The summed E-state index contributed by atoms with van der Waals surface area (Å²) in [6.07, 6.45) is 7.37. The number of rotatable bonds is 5. The minimum absolute atomic E-state index is 0.0429. The smallest absolute Gasteiger partial charge is 0.264 e. The maximum Gasteiger partial charge on any atom is 0.264 e. The van der Waals surface area contributed by atoms with Crippen molar-refractivity contribution in [2.75, 3.05) is 7.11 Å². The fraction of sp³-hybridized carbons (Fsp3) is 0.429. The number of ether oxygens (including phenoxy) is 1. The Morgan fingerprint density at radius 3 is 2.72 bits per heavy atom. The maximum atomic E-state index is 12.8. The van der Waals surface area contributed by atoms with Gasteiger partial charge in [0.25, 0.3) is 5.56 Å². The van der Waals surface area contributed by atoms with Gasteiger partial charge in [0.15, 0.2) is 5.65 Å². The summed E-state index contributed by atoms with van der Waals surface area (Å²) in [5.74, 6) is 1.04. The first-order valence-corrected chi connectivity index (χ1v) is 9.94. The average Bonchev–Trinajstić information content (AvgIpc) is 3.17. The van der Waals surface area contributed by atoms with Gasteiger partial charge in [0, 0.05) is 6.04 Å². The maximum absolute atomic E-state index is 12.8. The first kappa shape index (κ1) is 19.2. The van der Waals surface area contributed by atoms with Crippen molar-refractivity contribution >= 4 is 16.9 Å². The van der Waals surface area contributed by atoms with Crippen molar-refractivity contribution in [2.45, 2.75) is 45.2 Å². The molecule has 0 radical (unpaired) electrons. The third-order valence-corrected chi connectivity index (χ3v) is 5.64. The molecular formula is C21H25N5O3. The van der Waals surface area contributed by atoms with E-state index in [9.17, 15) is 9.59 Å². The van der Waals surface area contributed by atoms with E-state index < -0.39 is 0 Å². The number of amides is 1. The van der Waals surface area contributed by atoms with Crippen LogP contribution in [0.15, 0.2) is 41.6 Å². The first-order chi connectivity index (χ1) is 14.1. The number of hydrogen-bond acceptors (Lipinski definition) is 5. The van der Waals surface area contributed by atoms with Crippen LogP contribution < -0.4 is 15.6 Å². The number of hydrogen-bond donors (Lipinski definition) is 1. The summed E-state index contributed by atoms with van der Waals surface area (Å²) in [6.45, 7) is 2.12. The number of aromatic nitrogens is 4. The van der Waals surface area contributed by atoms with Gasteiger partial charge in [-0.25, -0.2) is 9.67 Å². The van der Waals surface area contributed by atoms with Gasteiger partial charge in [-0.1, -0.05) is 19.8 Å². The lowest BCUT2D eigenvalue weighted by Crippen LogP contribution is -2.43. The van der Waals surface area contributed by atoms with Crippen molar-refractivity contribution in [1.29, 1.82) is 0 Å². The molecule has 4 rings (SSSR count). The molecule has 1 aliphatic rings. The molecule has 152 valence electrons. The zero-order chi connectivity index (χ0) is 20.4. The van der Waals surface area contributed by atoms with E-state index in [0.29, 0.717) is 17.0 Å². The van der Waals surface area contributed by atoms with Gasteiger partial charge < -0.3 is 10.1 Å². The number of carbonyl (C=O) groups is 1. The van der Waals surface area contributed by atoms with Crippen molar-refractivity contribution in [1.82, 2.24) is 24.6 Å². The van der Waals surface area contributed by atoms with E-state index in [1.54, 1.807) is 11.8 Å². The standard InChI is InChI=1S/C21H25N5O3/c1-14-5-3-4-6-18(14)24-19(27)12-25-13-22-20-17(21(25)28)11-23-26(20)15-7-9-16(29-2)10-8-15/h7-11,13-14,18H,3-6,12H2,1-2H3,(H,24,27)/t14-,18-/m1/s1. The number of methoxy groups -OCH3 is 1. The van der Waals surface area contributed by atoms with Crippen molar-refractivity contribution in [2.24, 2.45) is 5.92 Å². The van der Waals surface area contributed by atoms with Gasteiger partial charge in [-0.05, 0) is 43.0 Å². The Hall–Kier alpha value is -3.16. The number of nitrogens with zero attached hydrogens (tertiary/aromatic N) is 4. The van der Waals surface area contributed by atoms with Gasteiger partial charge in [-0.15, -0.1) is 0 Å². The fourth-order valence-electron chi connectivity index (χ4n) is 3.91. The highest BCUT2D eigenvalue weighted by atomic mass is 16.5. The molecule has 2 atom stereocenters. The van der Waals surface area contributed by atoms with Crippen LogP contribution in [0.5, 0.6) is 5.75 Å². The fourth-order valence-corrected chi connectivity index (χ4v) is 3.91. The topological polar surface area (TPSA) is 91.0 Å². The molecule has 1 aliphatic carbocycles. The minimum atomic E-state index is -0.276. The number of benzene rings is 1. The Labute approximate surface area is 168 Å². The Bertz CT molecular complexity index is 1070. The Morgan fingerprint density at radius 2 is 2.00 bits per heavy atom. The molecule has 2 heterocycles. The second-order valence-electron chi connectivity index (χ2n) is 7.61. The zero-order valence-corrected chi connectivity index (χ0v) is 16.7. The summed E-state index contributed by atoms with van der Waals surface area (Å²) >= 11 is 0. The van der Waals surface area contributed by atoms with Crippen LogP contribution in [0.1, 0.15) is 32.6 Å². The third kappa shape index (κ3) is 3.87. The monoisotopic (exact) mass is 395 g/mol. The van der Waals surface area contributed by atoms with Crippen LogP contribution in [-0.2, 0) is 11.3 Å². The molecule has 1 N–H and O–H groups in total. The highest BCUT2D eigenvalue weighted by molar-refractivity contribution is 5.78. The second-order valence-corrected chi connectivity index (χ2v) is 7.61. The highest BCUT2D eigenvalue weighted by Gasteiger charge is 2.23. The lowest BCUT2D eigenvalue weighted by molar-refractivity contribution is -0.123. The summed E-state index contributed by atoms with van der Waals surface area (Å²) in [4.78, 5) is 29.7. The summed E-state index contributed by atoms with van der Waals surface area (Å²) < 4.78 is 8.11. The molecule has 8 heteroatoms. The SMILES string of the molecule is COc1ccc(-n2ncc3c(=O)n(CC(=O)N[C@@H]4CCCC[C@H]4C)cnc32)cc1. The predicted molar refractivity (Wildman–Crippen MR) is 109 cm³/mol. The molecule has 2 aromatic heterocycles. The summed E-state index contributed by atoms with van der Waals surface area (Å²) in [6, 6.07) is 7.51. The predicted octanol–water partition coefficient (Wildman–Crippen LogP) is 2.29. The average molecular weight is 395 g/mol. The molecular weight excluding hydrogens is 370 g/mol. The molecule has 1 aromatic carbocycles. The molecule has 3 aromatic rings. The molecule has 8 nitrogen and oxygen atoms in total. The quantitative estimate of drug-likeness (QED) is 0.716. The Balaban J connectivity index is 1.55. The van der Waals surface area contributed by atoms with Crippen molar-refractivity contribution < 1.29 is 9.53 Å². The molecule has 1 fully saturated rings. The van der Waals surface area contributed by atoms with E-state index >= 15 is 0 Å². The normalized spacial score (nSPS) is 19.2. The van der Waals surface area contributed by atoms with E-state index in [0.717, 1.165) is 30.7 Å². The van der Waals surface area contributed by atoms with Gasteiger partial charge in [0.1, 0.15) is 24.0 Å². The number of carbonyl (C=O) groups excluding carboxylic acids is 1. The molecule has 0 saturated heterocycles. The van der Waals surface area contributed by atoms with E-state index in [1.807, 2.05) is 24.3 Å². The minimum Gasteiger partial charge on any atom is -0.497 e. The molecule has 1 saturated carbocycles. The molecule has 0 bridgehead atoms. The van der Waals surface area contributed by atoms with Gasteiger partial charge in [0.05, 0.1) is 19.0 Å². The number of fused-ring (bicyclic) bond motifs is 1. The third-order valence-electron chi connectivity index (χ3n) is 5.64. The van der Waals surface area contributed by atoms with Crippen LogP contribution in [0.3, 0.4) is 0 Å². The van der Waals surface area contributed by atoms with E-state index in [1.165, 1.54) is 23.5 Å². The van der Waals surface area contributed by atoms with Crippen molar-refractivity contribution in [3.8, 4) is 11.4 Å². The Kier molecular flexibility index (Phi) is 5.33. The van der Waals surface area contributed by atoms with Crippen LogP contribution in [0.25, 0.3) is 16.7 Å². The lowest BCUT2D eigenvalue weighted by Gasteiger charge is -2.29. The highest BCUT2D eigenvalue weighted by Crippen LogP contribution is 2.23. The van der Waals surface area contributed by atoms with Crippen molar-refractivity contribution in [3.63, 3.8) is 0 Å². The van der Waals surface area contributed by atoms with Crippen LogP contribution in [0, 0.1) is 5.92 Å². The van der Waals surface area contributed by atoms with Gasteiger partial charge >= 0.3 is 0 Å². The van der Waals surface area contributed by atoms with E-state index in [4.69, 9.17) is 4.74 Å². The lowest BCUT2D eigenvalue weighted by atomic mass is 9.86. The second kappa shape index (κ2) is 8.06. The van der Waals surface area contributed by atoms with E-state index in [2.05, 4.69) is 22.3 Å². The van der Waals surface area contributed by atoms with E-state index in [-0.39, 0.29) is 24.1 Å². The Morgan fingerprint density at radius 1 is 1.24 bits per heavy atom. The molecule has 1 amide bonds. The summed E-state index contributed by atoms with van der Waals surface area (Å²) in [7, 11) is 1.60. The molecule has 0 spiro atoms. The zero-order valence-electron chi connectivity index (χ0n) is 16.7. The van der Waals surface area contributed by atoms with Crippen LogP contribution in [0.4, 0.5) is 0 Å². The van der Waals surface area contributed by atoms with Crippen LogP contribution in [-0.4, -0.2) is 38.4 Å². The van der Waals surface area contributed by atoms with Crippen LogP contribution in [0.2, 0.25) is 0 Å². The first-order valence-electron chi connectivity index (χ1n) is 9.94. The summed E-state index contributed by atoms with van der Waals surface area (Å²) in [5, 5.41) is 7.76. The van der Waals surface area contributed by atoms with Crippen LogP contribution >= 0.6 is 0 Å². The van der Waals surface area contributed by atoms with Gasteiger partial charge in [-0.2, -0.15) is 5.10 Å². The number of nitrogens with one attached hydrogen (secondary N) is 1. The molecule has 0 aliphatic heterocycles. The largest absolute Gasteiger partial charge is 0.497 e. The summed E-state index contributed by atoms with van der Waals surface area (Å²) in [5.41, 5.74) is 0.953. The molecule has 0 unspecified atom stereocenters.